The summed E-state index contributed by atoms with van der Waals surface area (Å²) in [4.78, 5) is 18.5. The summed E-state index contributed by atoms with van der Waals surface area (Å²) in [7, 11) is 2.15. The topological polar surface area (TPSA) is 50.2 Å². The number of amides is 1. The van der Waals surface area contributed by atoms with E-state index in [0.29, 0.717) is 12.5 Å². The Balaban J connectivity index is 1.75. The summed E-state index contributed by atoms with van der Waals surface area (Å²) in [5.41, 5.74) is 0. The number of carbonyl (C=O) groups is 1. The largest absolute Gasteiger partial charge is 0.354 e. The van der Waals surface area contributed by atoms with Crippen molar-refractivity contribution in [1.29, 1.82) is 0 Å². The van der Waals surface area contributed by atoms with Gasteiger partial charge in [-0.1, -0.05) is 6.92 Å². The van der Waals surface area contributed by atoms with E-state index >= 15 is 0 Å². The van der Waals surface area contributed by atoms with Gasteiger partial charge in [0.05, 0.1) is 0 Å². The van der Waals surface area contributed by atoms with Crippen LogP contribution < -0.4 is 5.32 Å². The molecule has 5 heteroatoms. The second kappa shape index (κ2) is 6.70. The minimum Gasteiger partial charge on any atom is -0.354 e. The van der Waals surface area contributed by atoms with Crippen molar-refractivity contribution in [2.24, 2.45) is 5.92 Å². The van der Waals surface area contributed by atoms with Crippen molar-refractivity contribution < 1.29 is 4.79 Å². The number of hydrogen-bond donors (Lipinski definition) is 1. The van der Waals surface area contributed by atoms with Crippen LogP contribution in [-0.2, 0) is 17.8 Å². The molecule has 0 bridgehead atoms. The molecule has 0 saturated carbocycles. The van der Waals surface area contributed by atoms with E-state index in [4.69, 9.17) is 0 Å². The van der Waals surface area contributed by atoms with E-state index in [1.165, 1.54) is 19.4 Å². The first-order chi connectivity index (χ1) is 9.19. The van der Waals surface area contributed by atoms with Crippen LogP contribution in [-0.4, -0.2) is 47.0 Å². The highest BCUT2D eigenvalue weighted by Crippen LogP contribution is 2.13. The van der Waals surface area contributed by atoms with E-state index in [1.54, 1.807) is 6.20 Å². The number of nitrogens with zero attached hydrogens (tertiary/aromatic N) is 3. The molecule has 1 aliphatic rings. The van der Waals surface area contributed by atoms with Crippen molar-refractivity contribution in [3.8, 4) is 0 Å². The lowest BCUT2D eigenvalue weighted by molar-refractivity contribution is -0.122. The van der Waals surface area contributed by atoms with Gasteiger partial charge < -0.3 is 14.8 Å². The van der Waals surface area contributed by atoms with Gasteiger partial charge in [0, 0.05) is 31.9 Å². The molecule has 1 aliphatic heterocycles. The Bertz CT molecular complexity index is 415. The summed E-state index contributed by atoms with van der Waals surface area (Å²) in [5, 5.41) is 3.05. The molecule has 0 aromatic carbocycles. The van der Waals surface area contributed by atoms with Gasteiger partial charge in [0.1, 0.15) is 12.4 Å². The van der Waals surface area contributed by atoms with Crippen LogP contribution in [0.5, 0.6) is 0 Å². The Morgan fingerprint density at radius 2 is 2.42 bits per heavy atom. The maximum atomic E-state index is 11.9. The Kier molecular flexibility index (Phi) is 4.96. The number of imidazole rings is 1. The minimum absolute atomic E-state index is 0.0842. The lowest BCUT2D eigenvalue weighted by Gasteiger charge is -2.29. The summed E-state index contributed by atoms with van der Waals surface area (Å²) in [5.74, 6) is 1.64. The molecule has 0 aliphatic carbocycles. The van der Waals surface area contributed by atoms with Crippen LogP contribution in [0.2, 0.25) is 0 Å². The van der Waals surface area contributed by atoms with Gasteiger partial charge in [-0.05, 0) is 32.4 Å². The van der Waals surface area contributed by atoms with E-state index in [2.05, 4.69) is 29.2 Å². The number of aromatic nitrogens is 2. The van der Waals surface area contributed by atoms with Crippen LogP contribution in [0.3, 0.4) is 0 Å². The number of rotatable bonds is 5. The highest BCUT2D eigenvalue weighted by molar-refractivity contribution is 5.75. The molecule has 1 aromatic heterocycles. The molecule has 2 heterocycles. The van der Waals surface area contributed by atoms with Crippen LogP contribution in [0.25, 0.3) is 0 Å². The first-order valence-corrected chi connectivity index (χ1v) is 7.14. The van der Waals surface area contributed by atoms with Crippen molar-refractivity contribution in [2.75, 3.05) is 26.7 Å². The van der Waals surface area contributed by atoms with Crippen LogP contribution >= 0.6 is 0 Å². The summed E-state index contributed by atoms with van der Waals surface area (Å²) < 4.78 is 1.92. The van der Waals surface area contributed by atoms with Crippen molar-refractivity contribution >= 4 is 5.91 Å². The van der Waals surface area contributed by atoms with Crippen LogP contribution in [0.4, 0.5) is 0 Å². The van der Waals surface area contributed by atoms with Crippen molar-refractivity contribution in [2.45, 2.75) is 32.7 Å². The molecule has 1 atom stereocenters. The third kappa shape index (κ3) is 4.06. The molecular formula is C14H24N4O. The fraction of sp³-hybridized carbons (Fsp3) is 0.714. The SMILES string of the molecule is CCc1nccn1CC(=O)NC[C@H]1CCCN(C)C1. The Labute approximate surface area is 115 Å². The second-order valence-corrected chi connectivity index (χ2v) is 5.40. The van der Waals surface area contributed by atoms with Crippen LogP contribution in [0.15, 0.2) is 12.4 Å². The lowest BCUT2D eigenvalue weighted by Crippen LogP contribution is -2.40. The molecule has 1 aromatic rings. The molecule has 1 N–H and O–H groups in total. The van der Waals surface area contributed by atoms with Crippen molar-refractivity contribution in [3.05, 3.63) is 18.2 Å². The van der Waals surface area contributed by atoms with Crippen molar-refractivity contribution in [1.82, 2.24) is 19.8 Å². The predicted octanol–water partition coefficient (Wildman–Crippen LogP) is 0.903. The summed E-state index contributed by atoms with van der Waals surface area (Å²) in [6.45, 7) is 5.49. The molecule has 5 nitrogen and oxygen atoms in total. The quantitative estimate of drug-likeness (QED) is 0.860. The zero-order valence-corrected chi connectivity index (χ0v) is 11.9. The van der Waals surface area contributed by atoms with Gasteiger partial charge >= 0.3 is 0 Å². The Morgan fingerprint density at radius 1 is 1.58 bits per heavy atom. The highest BCUT2D eigenvalue weighted by atomic mass is 16.1. The van der Waals surface area contributed by atoms with Gasteiger partial charge in [-0.3, -0.25) is 4.79 Å². The number of nitrogens with one attached hydrogen (secondary N) is 1. The Hall–Kier alpha value is -1.36. The predicted molar refractivity (Wildman–Crippen MR) is 74.8 cm³/mol. The zero-order chi connectivity index (χ0) is 13.7. The first-order valence-electron chi connectivity index (χ1n) is 7.14. The second-order valence-electron chi connectivity index (χ2n) is 5.40. The third-order valence-corrected chi connectivity index (χ3v) is 3.74. The monoisotopic (exact) mass is 264 g/mol. The standard InChI is InChI=1S/C14H24N4O/c1-3-13-15-6-8-18(13)11-14(19)16-9-12-5-4-7-17(2)10-12/h6,8,12H,3-5,7,9-11H2,1-2H3,(H,16,19)/t12-/m1/s1. The van der Waals surface area contributed by atoms with Gasteiger partial charge in [-0.2, -0.15) is 0 Å². The number of piperidine rings is 1. The summed E-state index contributed by atoms with van der Waals surface area (Å²) in [6, 6.07) is 0. The molecule has 19 heavy (non-hydrogen) atoms. The smallest absolute Gasteiger partial charge is 0.239 e. The molecule has 106 valence electrons. The highest BCUT2D eigenvalue weighted by Gasteiger charge is 2.17. The van der Waals surface area contributed by atoms with E-state index < -0.39 is 0 Å². The third-order valence-electron chi connectivity index (χ3n) is 3.74. The summed E-state index contributed by atoms with van der Waals surface area (Å²) in [6.07, 6.45) is 6.93. The van der Waals surface area contributed by atoms with Gasteiger partial charge in [0.2, 0.25) is 5.91 Å². The fourth-order valence-corrected chi connectivity index (χ4v) is 2.71. The van der Waals surface area contributed by atoms with Gasteiger partial charge in [-0.25, -0.2) is 4.98 Å². The molecule has 1 fully saturated rings. The van der Waals surface area contributed by atoms with Gasteiger partial charge in [-0.15, -0.1) is 0 Å². The average molecular weight is 264 g/mol. The van der Waals surface area contributed by atoms with E-state index in [1.807, 2.05) is 10.8 Å². The number of hydrogen-bond acceptors (Lipinski definition) is 3. The molecule has 0 unspecified atom stereocenters. The molecular weight excluding hydrogens is 240 g/mol. The fourth-order valence-electron chi connectivity index (χ4n) is 2.71. The van der Waals surface area contributed by atoms with E-state index in [-0.39, 0.29) is 5.91 Å². The Morgan fingerprint density at radius 3 is 3.16 bits per heavy atom. The number of likely N-dealkylation sites (tertiary alicyclic amines) is 1. The summed E-state index contributed by atoms with van der Waals surface area (Å²) >= 11 is 0. The molecule has 0 spiro atoms. The van der Waals surface area contributed by atoms with E-state index in [0.717, 1.165) is 25.3 Å². The van der Waals surface area contributed by atoms with Gasteiger partial charge in [0.15, 0.2) is 0 Å². The molecule has 1 saturated heterocycles. The number of carbonyl (C=O) groups excluding carboxylic acids is 1. The zero-order valence-electron chi connectivity index (χ0n) is 11.9. The molecule has 1 amide bonds. The van der Waals surface area contributed by atoms with Gasteiger partial charge in [0.25, 0.3) is 0 Å². The van der Waals surface area contributed by atoms with Crippen LogP contribution in [0.1, 0.15) is 25.6 Å². The minimum atomic E-state index is 0.0842. The average Bonchev–Trinajstić information content (AvgIpc) is 2.84. The number of aryl methyl sites for hydroxylation is 1. The normalized spacial score (nSPS) is 20.4. The lowest BCUT2D eigenvalue weighted by atomic mass is 9.98. The molecule has 0 radical (unpaired) electrons. The maximum absolute atomic E-state index is 11.9. The van der Waals surface area contributed by atoms with Crippen molar-refractivity contribution in [3.63, 3.8) is 0 Å². The first kappa shape index (κ1) is 14.1. The van der Waals surface area contributed by atoms with Crippen LogP contribution in [0, 0.1) is 5.92 Å². The molecule has 2 rings (SSSR count). The maximum Gasteiger partial charge on any atom is 0.239 e. The van der Waals surface area contributed by atoms with E-state index in [9.17, 15) is 4.79 Å².